The zero-order valence-electron chi connectivity index (χ0n) is 15.4. The van der Waals surface area contributed by atoms with E-state index in [1.807, 2.05) is 0 Å². The quantitative estimate of drug-likeness (QED) is 0.312. The molecule has 0 fully saturated rings. The van der Waals surface area contributed by atoms with Gasteiger partial charge in [-0.3, -0.25) is 4.79 Å². The van der Waals surface area contributed by atoms with Crippen LogP contribution < -0.4 is 0 Å². The Hall–Kier alpha value is -5.07. The number of carbonyl (C=O) groups excluding carboxylic acids is 1. The summed E-state index contributed by atoms with van der Waals surface area (Å²) in [6.45, 7) is 0. The summed E-state index contributed by atoms with van der Waals surface area (Å²) < 4.78 is 0. The number of hydrogen-bond donors (Lipinski definition) is 6. The first-order valence-electron chi connectivity index (χ1n) is 8.09. The normalized spacial score (nSPS) is 10.2. The van der Waals surface area contributed by atoms with Crippen molar-refractivity contribution in [1.82, 2.24) is 0 Å². The van der Waals surface area contributed by atoms with Gasteiger partial charge in [0.1, 0.15) is 0 Å². The summed E-state index contributed by atoms with van der Waals surface area (Å²) in [6, 6.07) is 2.46. The molecule has 0 unspecified atom stereocenters. The highest BCUT2D eigenvalue weighted by Crippen LogP contribution is 2.27. The molecule has 0 aliphatic rings. The Morgan fingerprint density at radius 3 is 0.812 bits per heavy atom. The highest BCUT2D eigenvalue weighted by atomic mass is 16.4. The number of carboxylic acids is 6. The Bertz CT molecular complexity index is 1160. The first-order valence-corrected chi connectivity index (χ1v) is 8.09. The predicted molar refractivity (Wildman–Crippen MR) is 98.1 cm³/mol. The summed E-state index contributed by atoms with van der Waals surface area (Å²) in [7, 11) is 0. The van der Waals surface area contributed by atoms with Crippen molar-refractivity contribution in [1.29, 1.82) is 0 Å². The predicted octanol–water partition coefficient (Wildman–Crippen LogP) is 1.11. The van der Waals surface area contributed by atoms with Crippen molar-refractivity contribution in [3.63, 3.8) is 0 Å². The molecule has 0 aromatic heterocycles. The van der Waals surface area contributed by atoms with Crippen molar-refractivity contribution in [2.75, 3.05) is 0 Å². The van der Waals surface area contributed by atoms with Gasteiger partial charge in [0.05, 0.1) is 33.4 Å². The third kappa shape index (κ3) is 3.85. The molecule has 0 aliphatic heterocycles. The third-order valence-corrected chi connectivity index (χ3v) is 4.22. The number of carbonyl (C=O) groups is 7. The second-order valence-corrected chi connectivity index (χ2v) is 5.98. The fourth-order valence-electron chi connectivity index (χ4n) is 2.97. The molecule has 0 amide bonds. The molecule has 2 aromatic rings. The van der Waals surface area contributed by atoms with Gasteiger partial charge < -0.3 is 30.6 Å². The van der Waals surface area contributed by atoms with Crippen molar-refractivity contribution >= 4 is 41.6 Å². The van der Waals surface area contributed by atoms with Crippen LogP contribution in [0, 0.1) is 0 Å². The lowest BCUT2D eigenvalue weighted by molar-refractivity contribution is 0.0630. The van der Waals surface area contributed by atoms with Crippen LogP contribution in [0.25, 0.3) is 0 Å². The lowest BCUT2D eigenvalue weighted by Crippen LogP contribution is -2.23. The fourth-order valence-corrected chi connectivity index (χ4v) is 2.97. The molecule has 0 saturated heterocycles. The maximum atomic E-state index is 13.0. The summed E-state index contributed by atoms with van der Waals surface area (Å²) in [5.41, 5.74) is -8.96. The van der Waals surface area contributed by atoms with Gasteiger partial charge >= 0.3 is 35.8 Å². The molecule has 0 atom stereocenters. The van der Waals surface area contributed by atoms with E-state index in [4.69, 9.17) is 10.2 Å². The van der Waals surface area contributed by atoms with E-state index in [1.165, 1.54) is 0 Å². The van der Waals surface area contributed by atoms with Gasteiger partial charge in [-0.2, -0.15) is 0 Å². The van der Waals surface area contributed by atoms with E-state index in [1.54, 1.807) is 0 Å². The average molecular weight is 446 g/mol. The fraction of sp³-hybridized carbons (Fsp3) is 0. The van der Waals surface area contributed by atoms with Gasteiger partial charge in [0, 0.05) is 11.1 Å². The number of benzene rings is 2. The summed E-state index contributed by atoms with van der Waals surface area (Å²) in [6.07, 6.45) is 0. The highest BCUT2D eigenvalue weighted by Gasteiger charge is 2.34. The second kappa shape index (κ2) is 8.35. The number of carboxylic acid groups (broad SMARTS) is 6. The number of ketones is 1. The van der Waals surface area contributed by atoms with Crippen LogP contribution in [0.5, 0.6) is 0 Å². The topological polar surface area (TPSA) is 241 Å². The minimum atomic E-state index is -2.04. The van der Waals surface area contributed by atoms with Crippen LogP contribution in [0.2, 0.25) is 0 Å². The molecule has 2 rings (SSSR count). The van der Waals surface area contributed by atoms with E-state index in [2.05, 4.69) is 0 Å². The Kier molecular flexibility index (Phi) is 6.06. The molecule has 2 aromatic carbocycles. The summed E-state index contributed by atoms with van der Waals surface area (Å²) >= 11 is 0. The van der Waals surface area contributed by atoms with Crippen molar-refractivity contribution in [3.05, 3.63) is 68.8 Å². The van der Waals surface area contributed by atoms with Crippen molar-refractivity contribution in [2.24, 2.45) is 0 Å². The van der Waals surface area contributed by atoms with Gasteiger partial charge in [-0.1, -0.05) is 0 Å². The zero-order chi connectivity index (χ0) is 24.5. The lowest BCUT2D eigenvalue weighted by atomic mass is 9.87. The van der Waals surface area contributed by atoms with Crippen LogP contribution in [-0.2, 0) is 0 Å². The van der Waals surface area contributed by atoms with E-state index in [0.717, 1.165) is 0 Å². The Balaban J connectivity index is 2.99. The molecule has 6 N–H and O–H groups in total. The van der Waals surface area contributed by atoms with E-state index in [-0.39, 0.29) is 0 Å². The summed E-state index contributed by atoms with van der Waals surface area (Å²) in [5, 5.41) is 55.7. The van der Waals surface area contributed by atoms with E-state index < -0.39 is 86.1 Å². The van der Waals surface area contributed by atoms with Gasteiger partial charge in [-0.25, -0.2) is 28.8 Å². The summed E-state index contributed by atoms with van der Waals surface area (Å²) in [4.78, 5) is 82.0. The van der Waals surface area contributed by atoms with Gasteiger partial charge in [-0.05, 0) is 24.3 Å². The Morgan fingerprint density at radius 2 is 0.594 bits per heavy atom. The maximum absolute atomic E-state index is 13.0. The maximum Gasteiger partial charge on any atom is 0.337 e. The molecule has 13 nitrogen and oxygen atoms in total. The largest absolute Gasteiger partial charge is 0.478 e. The van der Waals surface area contributed by atoms with Crippen LogP contribution in [0.15, 0.2) is 24.3 Å². The highest BCUT2D eigenvalue weighted by molar-refractivity contribution is 6.23. The summed E-state index contributed by atoms with van der Waals surface area (Å²) in [5.74, 6) is -13.2. The van der Waals surface area contributed by atoms with E-state index in [9.17, 15) is 54.0 Å². The van der Waals surface area contributed by atoms with Crippen molar-refractivity contribution < 1.29 is 64.2 Å². The van der Waals surface area contributed by atoms with Gasteiger partial charge in [0.25, 0.3) is 0 Å². The van der Waals surface area contributed by atoms with Crippen molar-refractivity contribution in [2.45, 2.75) is 0 Å². The molecular formula is C19H10O13. The van der Waals surface area contributed by atoms with E-state index >= 15 is 0 Å². The van der Waals surface area contributed by atoms with Gasteiger partial charge in [-0.15, -0.1) is 0 Å². The molecule has 0 spiro atoms. The second-order valence-electron chi connectivity index (χ2n) is 5.98. The van der Waals surface area contributed by atoms with Crippen LogP contribution in [0.1, 0.15) is 78.1 Å². The molecular weight excluding hydrogens is 436 g/mol. The molecule has 13 heteroatoms. The molecule has 32 heavy (non-hydrogen) atoms. The van der Waals surface area contributed by atoms with Crippen LogP contribution in [-0.4, -0.2) is 72.2 Å². The van der Waals surface area contributed by atoms with Crippen LogP contribution in [0.3, 0.4) is 0 Å². The Morgan fingerprint density at radius 1 is 0.375 bits per heavy atom. The molecule has 0 saturated carbocycles. The molecule has 164 valence electrons. The SMILES string of the molecule is O=C(O)c1ccc(C(=O)c2ccc(C(=O)O)c(C(=O)O)c2C(=O)O)c(C(=O)O)c1C(=O)O. The smallest absolute Gasteiger partial charge is 0.337 e. The van der Waals surface area contributed by atoms with Crippen LogP contribution >= 0.6 is 0 Å². The molecule has 0 radical (unpaired) electrons. The average Bonchev–Trinajstić information content (AvgIpc) is 2.70. The minimum absolute atomic E-state index is 0.607. The molecule has 0 bridgehead atoms. The Labute approximate surface area is 175 Å². The number of aromatic carboxylic acids is 6. The molecule has 0 heterocycles. The van der Waals surface area contributed by atoms with Crippen molar-refractivity contribution in [3.8, 4) is 0 Å². The number of rotatable bonds is 8. The minimum Gasteiger partial charge on any atom is -0.478 e. The monoisotopic (exact) mass is 446 g/mol. The number of hydrogen-bond acceptors (Lipinski definition) is 7. The van der Waals surface area contributed by atoms with E-state index in [0.29, 0.717) is 24.3 Å². The molecule has 0 aliphatic carbocycles. The standard InChI is InChI=1S/C19H10O13/c20-13(5-1-3-7(14(21)22)11(18(29)30)9(5)16(25)26)6-2-4-8(15(23)24)12(19(31)32)10(6)17(27)28/h1-4H,(H,21,22)(H,23,24)(H,25,26)(H,27,28)(H,29,30)(H,31,32). The third-order valence-electron chi connectivity index (χ3n) is 4.22. The lowest BCUT2D eigenvalue weighted by Gasteiger charge is -2.14. The zero-order valence-corrected chi connectivity index (χ0v) is 15.4. The first-order chi connectivity index (χ1) is 14.8. The van der Waals surface area contributed by atoms with Gasteiger partial charge in [0.15, 0.2) is 5.78 Å². The van der Waals surface area contributed by atoms with Crippen LogP contribution in [0.4, 0.5) is 0 Å². The first kappa shape index (κ1) is 23.2. The van der Waals surface area contributed by atoms with Gasteiger partial charge in [0.2, 0.25) is 0 Å².